The average molecular weight is 274 g/mol. The molecule has 3 nitrogen and oxygen atoms in total. The monoisotopic (exact) mass is 273 g/mol. The molecular weight excluding hydrogens is 257 g/mol. The fraction of sp³-hybridized carbons (Fsp3) is 0.462. The molecule has 1 aromatic rings. The van der Waals surface area contributed by atoms with Crippen molar-refractivity contribution in [2.75, 3.05) is 6.54 Å². The SMILES string of the molecule is CC(C)(C)N(CC(=O)O)Cc1ccc(Cl)c(F)c1. The predicted molar refractivity (Wildman–Crippen MR) is 69.2 cm³/mol. The number of benzene rings is 1. The van der Waals surface area contributed by atoms with Crippen LogP contribution in [0.15, 0.2) is 18.2 Å². The largest absolute Gasteiger partial charge is 0.480 e. The number of aliphatic carboxylic acids is 1. The maximum absolute atomic E-state index is 13.3. The Bertz CT molecular complexity index is 443. The molecule has 100 valence electrons. The summed E-state index contributed by atoms with van der Waals surface area (Å²) in [6.07, 6.45) is 0. The van der Waals surface area contributed by atoms with Crippen molar-refractivity contribution in [3.8, 4) is 0 Å². The molecule has 0 aromatic heterocycles. The summed E-state index contributed by atoms with van der Waals surface area (Å²) < 4.78 is 13.3. The van der Waals surface area contributed by atoms with E-state index in [1.807, 2.05) is 20.8 Å². The molecule has 1 N–H and O–H groups in total. The van der Waals surface area contributed by atoms with Crippen molar-refractivity contribution in [1.82, 2.24) is 4.90 Å². The van der Waals surface area contributed by atoms with Crippen LogP contribution in [0, 0.1) is 5.82 Å². The van der Waals surface area contributed by atoms with Gasteiger partial charge in [-0.2, -0.15) is 0 Å². The van der Waals surface area contributed by atoms with Gasteiger partial charge in [0.25, 0.3) is 0 Å². The molecule has 0 atom stereocenters. The topological polar surface area (TPSA) is 40.5 Å². The average Bonchev–Trinajstić information content (AvgIpc) is 2.20. The molecule has 0 aliphatic heterocycles. The lowest BCUT2D eigenvalue weighted by molar-refractivity contribution is -0.139. The van der Waals surface area contributed by atoms with Gasteiger partial charge in [0.2, 0.25) is 0 Å². The second-order valence-electron chi connectivity index (χ2n) is 5.17. The van der Waals surface area contributed by atoms with Gasteiger partial charge < -0.3 is 5.11 Å². The van der Waals surface area contributed by atoms with Gasteiger partial charge in [0.1, 0.15) is 5.82 Å². The summed E-state index contributed by atoms with van der Waals surface area (Å²) in [7, 11) is 0. The lowest BCUT2D eigenvalue weighted by Crippen LogP contribution is -2.43. The normalized spacial score (nSPS) is 11.9. The van der Waals surface area contributed by atoms with Gasteiger partial charge in [0, 0.05) is 12.1 Å². The van der Waals surface area contributed by atoms with E-state index in [0.29, 0.717) is 12.1 Å². The second-order valence-corrected chi connectivity index (χ2v) is 5.58. The Labute approximate surface area is 111 Å². The number of carboxylic acid groups (broad SMARTS) is 1. The first-order chi connectivity index (χ1) is 8.20. The molecule has 0 bridgehead atoms. The lowest BCUT2D eigenvalue weighted by atomic mass is 10.0. The van der Waals surface area contributed by atoms with E-state index in [2.05, 4.69) is 0 Å². The van der Waals surface area contributed by atoms with E-state index in [-0.39, 0.29) is 17.1 Å². The number of halogens is 2. The highest BCUT2D eigenvalue weighted by atomic mass is 35.5. The molecule has 5 heteroatoms. The van der Waals surface area contributed by atoms with E-state index < -0.39 is 11.8 Å². The standard InChI is InChI=1S/C13H17ClFNO2/c1-13(2,3)16(8-12(17)18)7-9-4-5-10(14)11(15)6-9/h4-6H,7-8H2,1-3H3,(H,17,18). The van der Waals surface area contributed by atoms with Crippen molar-refractivity contribution in [2.24, 2.45) is 0 Å². The van der Waals surface area contributed by atoms with Crippen LogP contribution in [0.3, 0.4) is 0 Å². The van der Waals surface area contributed by atoms with Crippen LogP contribution in [-0.4, -0.2) is 28.1 Å². The van der Waals surface area contributed by atoms with Crippen LogP contribution in [0.5, 0.6) is 0 Å². The fourth-order valence-corrected chi connectivity index (χ4v) is 1.67. The minimum atomic E-state index is -0.903. The van der Waals surface area contributed by atoms with Crippen molar-refractivity contribution in [1.29, 1.82) is 0 Å². The minimum Gasteiger partial charge on any atom is -0.480 e. The van der Waals surface area contributed by atoms with Crippen molar-refractivity contribution in [3.63, 3.8) is 0 Å². The lowest BCUT2D eigenvalue weighted by Gasteiger charge is -2.34. The molecule has 1 aromatic carbocycles. The van der Waals surface area contributed by atoms with Crippen molar-refractivity contribution >= 4 is 17.6 Å². The van der Waals surface area contributed by atoms with Crippen LogP contribution < -0.4 is 0 Å². The van der Waals surface area contributed by atoms with E-state index in [1.54, 1.807) is 11.0 Å². The molecule has 0 spiro atoms. The molecule has 0 aliphatic carbocycles. The molecule has 0 fully saturated rings. The Morgan fingerprint density at radius 2 is 2.06 bits per heavy atom. The maximum Gasteiger partial charge on any atom is 0.317 e. The number of carboxylic acids is 1. The highest BCUT2D eigenvalue weighted by Crippen LogP contribution is 2.20. The zero-order valence-corrected chi connectivity index (χ0v) is 11.5. The molecule has 0 amide bonds. The fourth-order valence-electron chi connectivity index (χ4n) is 1.55. The summed E-state index contributed by atoms with van der Waals surface area (Å²) in [5, 5.41) is 8.96. The Hall–Kier alpha value is -1.13. The van der Waals surface area contributed by atoms with Crippen LogP contribution in [0.1, 0.15) is 26.3 Å². The first-order valence-corrected chi connectivity index (χ1v) is 5.98. The number of rotatable bonds is 4. The van der Waals surface area contributed by atoms with Gasteiger partial charge in [0.15, 0.2) is 0 Å². The first kappa shape index (κ1) is 14.9. The van der Waals surface area contributed by atoms with E-state index >= 15 is 0 Å². The summed E-state index contributed by atoms with van der Waals surface area (Å²) >= 11 is 5.61. The van der Waals surface area contributed by atoms with Crippen molar-refractivity contribution < 1.29 is 14.3 Å². The second kappa shape index (κ2) is 5.67. The Morgan fingerprint density at radius 1 is 1.44 bits per heavy atom. The molecule has 0 saturated heterocycles. The summed E-state index contributed by atoms with van der Waals surface area (Å²) in [6.45, 7) is 6.03. The smallest absolute Gasteiger partial charge is 0.317 e. The summed E-state index contributed by atoms with van der Waals surface area (Å²) in [4.78, 5) is 12.6. The Balaban J connectivity index is 2.89. The van der Waals surface area contributed by atoms with E-state index in [0.717, 1.165) is 0 Å². The van der Waals surface area contributed by atoms with Crippen LogP contribution in [0.2, 0.25) is 5.02 Å². The zero-order chi connectivity index (χ0) is 13.9. The molecule has 0 heterocycles. The van der Waals surface area contributed by atoms with Crippen LogP contribution in [-0.2, 0) is 11.3 Å². The molecule has 0 unspecified atom stereocenters. The van der Waals surface area contributed by atoms with Crippen molar-refractivity contribution in [2.45, 2.75) is 32.9 Å². The van der Waals surface area contributed by atoms with Crippen LogP contribution >= 0.6 is 11.6 Å². The van der Waals surface area contributed by atoms with Gasteiger partial charge in [-0.3, -0.25) is 9.69 Å². The van der Waals surface area contributed by atoms with E-state index in [4.69, 9.17) is 16.7 Å². The number of carbonyl (C=O) groups is 1. The third kappa shape index (κ3) is 4.27. The molecular formula is C13H17ClFNO2. The highest BCUT2D eigenvalue weighted by molar-refractivity contribution is 6.30. The van der Waals surface area contributed by atoms with Gasteiger partial charge in [-0.15, -0.1) is 0 Å². The van der Waals surface area contributed by atoms with Gasteiger partial charge in [-0.25, -0.2) is 4.39 Å². The summed E-state index contributed by atoms with van der Waals surface area (Å²) in [5.41, 5.74) is 0.391. The first-order valence-electron chi connectivity index (χ1n) is 5.61. The highest BCUT2D eigenvalue weighted by Gasteiger charge is 2.23. The number of nitrogens with zero attached hydrogens (tertiary/aromatic N) is 1. The number of hydrogen-bond acceptors (Lipinski definition) is 2. The molecule has 0 radical (unpaired) electrons. The molecule has 0 aliphatic rings. The molecule has 18 heavy (non-hydrogen) atoms. The third-order valence-corrected chi connectivity index (χ3v) is 2.94. The molecule has 0 saturated carbocycles. The summed E-state index contributed by atoms with van der Waals surface area (Å²) in [6, 6.07) is 4.52. The van der Waals surface area contributed by atoms with Crippen molar-refractivity contribution in [3.05, 3.63) is 34.6 Å². The van der Waals surface area contributed by atoms with Gasteiger partial charge in [0.05, 0.1) is 11.6 Å². The van der Waals surface area contributed by atoms with Gasteiger partial charge in [-0.1, -0.05) is 17.7 Å². The number of hydrogen-bond donors (Lipinski definition) is 1. The summed E-state index contributed by atoms with van der Waals surface area (Å²) in [5.74, 6) is -1.39. The predicted octanol–water partition coefficient (Wildman–Crippen LogP) is 3.16. The maximum atomic E-state index is 13.3. The third-order valence-electron chi connectivity index (χ3n) is 2.63. The Morgan fingerprint density at radius 3 is 2.50 bits per heavy atom. The van der Waals surface area contributed by atoms with E-state index in [9.17, 15) is 9.18 Å². The quantitative estimate of drug-likeness (QED) is 0.916. The van der Waals surface area contributed by atoms with E-state index in [1.165, 1.54) is 12.1 Å². The molecule has 1 rings (SSSR count). The van der Waals surface area contributed by atoms with Crippen LogP contribution in [0.25, 0.3) is 0 Å². The zero-order valence-electron chi connectivity index (χ0n) is 10.7. The minimum absolute atomic E-state index is 0.0688. The van der Waals surface area contributed by atoms with Gasteiger partial charge >= 0.3 is 5.97 Å². The van der Waals surface area contributed by atoms with Crippen LogP contribution in [0.4, 0.5) is 4.39 Å². The van der Waals surface area contributed by atoms with Gasteiger partial charge in [-0.05, 0) is 38.5 Å². The Kier molecular flexibility index (Phi) is 4.71.